The van der Waals surface area contributed by atoms with Gasteiger partial charge in [-0.3, -0.25) is 0 Å². The highest BCUT2D eigenvalue weighted by molar-refractivity contribution is 5.08. The second kappa shape index (κ2) is 9.84. The first-order valence-corrected chi connectivity index (χ1v) is 9.57. The largest absolute Gasteiger partial charge is 0.347 e. The summed E-state index contributed by atoms with van der Waals surface area (Å²) in [7, 11) is 0. The Labute approximate surface area is 133 Å². The van der Waals surface area contributed by atoms with E-state index in [1.165, 1.54) is 77.0 Å². The third-order valence-electron chi connectivity index (χ3n) is 5.29. The van der Waals surface area contributed by atoms with Crippen LogP contribution in [0.4, 0.5) is 0 Å². The first-order chi connectivity index (χ1) is 10.1. The van der Waals surface area contributed by atoms with Crippen molar-refractivity contribution in [1.29, 1.82) is 0 Å². The van der Waals surface area contributed by atoms with Gasteiger partial charge >= 0.3 is 0 Å². The molecule has 1 aliphatic rings. The Morgan fingerprint density at radius 2 is 1.14 bits per heavy atom. The Kier molecular flexibility index (Phi) is 8.89. The van der Waals surface area contributed by atoms with Gasteiger partial charge < -0.3 is 10.5 Å². The number of hydrogen-bond acceptors (Lipinski definition) is 2. The van der Waals surface area contributed by atoms with E-state index >= 15 is 0 Å². The van der Waals surface area contributed by atoms with Crippen molar-refractivity contribution in [3.63, 3.8) is 0 Å². The molecular formula is C19H39NO. The summed E-state index contributed by atoms with van der Waals surface area (Å²) in [5.74, 6) is 0. The fourth-order valence-corrected chi connectivity index (χ4v) is 3.39. The first-order valence-electron chi connectivity index (χ1n) is 9.57. The van der Waals surface area contributed by atoms with Crippen LogP contribution in [0.3, 0.4) is 0 Å². The topological polar surface area (TPSA) is 38.5 Å². The number of hydrogen-bond donors (Lipinski definition) is 1. The van der Waals surface area contributed by atoms with Crippen LogP contribution >= 0.6 is 0 Å². The van der Waals surface area contributed by atoms with Gasteiger partial charge in [0.2, 0.25) is 0 Å². The molecule has 126 valence electrons. The van der Waals surface area contributed by atoms with Crippen molar-refractivity contribution in [2.45, 2.75) is 122 Å². The summed E-state index contributed by atoms with van der Waals surface area (Å²) in [6.07, 6.45) is 18.9. The molecule has 0 bridgehead atoms. The molecule has 0 amide bonds. The summed E-state index contributed by atoms with van der Waals surface area (Å²) in [6, 6.07) is 0. The van der Waals surface area contributed by atoms with E-state index in [0.29, 0.717) is 0 Å². The van der Waals surface area contributed by atoms with E-state index in [1.54, 1.807) is 0 Å². The monoisotopic (exact) mass is 297 g/mol. The van der Waals surface area contributed by atoms with Gasteiger partial charge in [-0.2, -0.15) is 0 Å². The van der Waals surface area contributed by atoms with Crippen LogP contribution in [0.25, 0.3) is 0 Å². The molecule has 0 aliphatic carbocycles. The Morgan fingerprint density at radius 3 is 1.52 bits per heavy atom. The van der Waals surface area contributed by atoms with E-state index in [1.807, 2.05) is 0 Å². The first kappa shape index (κ1) is 19.0. The average Bonchev–Trinajstić information content (AvgIpc) is 3.03. The van der Waals surface area contributed by atoms with Crippen LogP contribution in [0.5, 0.6) is 0 Å². The number of unbranched alkanes of at least 4 members (excludes halogenated alkanes) is 11. The minimum Gasteiger partial charge on any atom is -0.347 e. The highest BCUT2D eigenvalue weighted by atomic mass is 16.6. The van der Waals surface area contributed by atoms with E-state index in [9.17, 15) is 0 Å². The summed E-state index contributed by atoms with van der Waals surface area (Å²) in [4.78, 5) is 0. The predicted molar refractivity (Wildman–Crippen MR) is 92.4 cm³/mol. The Balaban J connectivity index is 1.80. The average molecular weight is 298 g/mol. The van der Waals surface area contributed by atoms with Gasteiger partial charge in [-0.05, 0) is 19.8 Å². The maximum absolute atomic E-state index is 6.14. The molecule has 1 rings (SSSR count). The zero-order valence-corrected chi connectivity index (χ0v) is 14.9. The molecule has 1 aliphatic heterocycles. The molecule has 2 atom stereocenters. The van der Waals surface area contributed by atoms with Gasteiger partial charge in [-0.25, -0.2) is 0 Å². The van der Waals surface area contributed by atoms with Crippen LogP contribution in [0.2, 0.25) is 0 Å². The van der Waals surface area contributed by atoms with Crippen LogP contribution in [-0.4, -0.2) is 11.3 Å². The highest BCUT2D eigenvalue weighted by Gasteiger charge is 2.62. The minimum atomic E-state index is -0.315. The molecule has 0 aromatic rings. The number of nitrogens with two attached hydrogens (primary N) is 1. The van der Waals surface area contributed by atoms with Crippen molar-refractivity contribution in [2.75, 3.05) is 0 Å². The van der Waals surface area contributed by atoms with Crippen molar-refractivity contribution >= 4 is 0 Å². The quantitative estimate of drug-likeness (QED) is 0.319. The zero-order chi connectivity index (χ0) is 15.6. The van der Waals surface area contributed by atoms with Crippen molar-refractivity contribution in [3.8, 4) is 0 Å². The second-order valence-corrected chi connectivity index (χ2v) is 7.22. The molecule has 2 N–H and O–H groups in total. The Bertz CT molecular complexity index is 268. The van der Waals surface area contributed by atoms with Gasteiger partial charge in [-0.15, -0.1) is 0 Å². The van der Waals surface area contributed by atoms with Crippen LogP contribution in [-0.2, 0) is 4.74 Å². The lowest BCUT2D eigenvalue weighted by Crippen LogP contribution is -2.32. The smallest absolute Gasteiger partial charge is 0.146 e. The van der Waals surface area contributed by atoms with Gasteiger partial charge in [-0.1, -0.05) is 90.9 Å². The second-order valence-electron chi connectivity index (χ2n) is 7.22. The van der Waals surface area contributed by atoms with Crippen molar-refractivity contribution in [2.24, 2.45) is 5.73 Å². The van der Waals surface area contributed by atoms with Gasteiger partial charge in [0.25, 0.3) is 0 Å². The fraction of sp³-hybridized carbons (Fsp3) is 1.00. The molecule has 2 nitrogen and oxygen atoms in total. The van der Waals surface area contributed by atoms with Crippen molar-refractivity contribution in [3.05, 3.63) is 0 Å². The molecule has 0 radical (unpaired) electrons. The molecule has 2 heteroatoms. The lowest BCUT2D eigenvalue weighted by Gasteiger charge is -2.10. The van der Waals surface area contributed by atoms with E-state index in [0.717, 1.165) is 12.8 Å². The minimum absolute atomic E-state index is 0.0275. The number of ether oxygens (including phenoxy) is 1. The predicted octanol–water partition coefficient (Wildman–Crippen LogP) is 5.93. The van der Waals surface area contributed by atoms with Crippen molar-refractivity contribution < 1.29 is 4.74 Å². The van der Waals surface area contributed by atoms with Gasteiger partial charge in [0.05, 0.1) is 0 Å². The Hall–Kier alpha value is -0.0800. The summed E-state index contributed by atoms with van der Waals surface area (Å²) >= 11 is 0. The molecule has 0 aromatic heterocycles. The molecule has 2 unspecified atom stereocenters. The molecular weight excluding hydrogens is 258 g/mol. The zero-order valence-electron chi connectivity index (χ0n) is 14.9. The van der Waals surface area contributed by atoms with Gasteiger partial charge in [0.15, 0.2) is 0 Å². The normalized spacial score (nSPS) is 28.0. The van der Waals surface area contributed by atoms with E-state index < -0.39 is 0 Å². The standard InChI is InChI=1S/C19H39NO/c1-4-6-7-8-9-10-11-12-13-14-15-16-17-18(3)19(20,5-2)21-18/h4-17,20H2,1-3H3. The maximum Gasteiger partial charge on any atom is 0.146 e. The lowest BCUT2D eigenvalue weighted by atomic mass is 9.94. The third-order valence-corrected chi connectivity index (χ3v) is 5.29. The lowest BCUT2D eigenvalue weighted by molar-refractivity contribution is 0.258. The number of epoxide rings is 1. The summed E-state index contributed by atoms with van der Waals surface area (Å²) in [5, 5.41) is 0. The molecule has 0 aromatic carbocycles. The van der Waals surface area contributed by atoms with Crippen LogP contribution in [0.1, 0.15) is 111 Å². The molecule has 21 heavy (non-hydrogen) atoms. The summed E-state index contributed by atoms with van der Waals surface area (Å²) in [6.45, 7) is 6.58. The number of rotatable bonds is 14. The van der Waals surface area contributed by atoms with Gasteiger partial charge in [0, 0.05) is 0 Å². The van der Waals surface area contributed by atoms with E-state index in [2.05, 4.69) is 20.8 Å². The van der Waals surface area contributed by atoms with Crippen LogP contribution < -0.4 is 5.73 Å². The molecule has 0 spiro atoms. The summed E-state index contributed by atoms with van der Waals surface area (Å²) in [5.41, 5.74) is 5.80. The highest BCUT2D eigenvalue weighted by Crippen LogP contribution is 2.49. The fourth-order valence-electron chi connectivity index (χ4n) is 3.39. The SMILES string of the molecule is CCCCCCCCCCCCCCC1(C)OC1(N)CC. The summed E-state index contributed by atoms with van der Waals surface area (Å²) < 4.78 is 5.72. The molecule has 0 saturated carbocycles. The maximum atomic E-state index is 6.14. The molecule has 1 heterocycles. The van der Waals surface area contributed by atoms with E-state index in [-0.39, 0.29) is 11.3 Å². The third kappa shape index (κ3) is 6.69. The van der Waals surface area contributed by atoms with Crippen LogP contribution in [0, 0.1) is 0 Å². The van der Waals surface area contributed by atoms with Crippen molar-refractivity contribution in [1.82, 2.24) is 0 Å². The van der Waals surface area contributed by atoms with Crippen LogP contribution in [0.15, 0.2) is 0 Å². The Morgan fingerprint density at radius 1 is 0.714 bits per heavy atom. The molecule has 1 saturated heterocycles. The van der Waals surface area contributed by atoms with Gasteiger partial charge in [0.1, 0.15) is 11.3 Å². The molecule has 1 fully saturated rings. The van der Waals surface area contributed by atoms with E-state index in [4.69, 9.17) is 10.5 Å².